The molecule has 0 saturated carbocycles. The van der Waals surface area contributed by atoms with E-state index in [4.69, 9.17) is 5.84 Å². The lowest BCUT2D eigenvalue weighted by Crippen LogP contribution is -2.32. The summed E-state index contributed by atoms with van der Waals surface area (Å²) < 4.78 is 0. The molecule has 2 heterocycles. The van der Waals surface area contributed by atoms with Gasteiger partial charge in [0, 0.05) is 26.2 Å². The van der Waals surface area contributed by atoms with Gasteiger partial charge in [0.1, 0.15) is 0 Å². The van der Waals surface area contributed by atoms with E-state index in [9.17, 15) is 0 Å². The van der Waals surface area contributed by atoms with Crippen molar-refractivity contribution in [3.05, 3.63) is 0 Å². The Hall–Kier alpha value is -0.120. The van der Waals surface area contributed by atoms with E-state index in [2.05, 4.69) is 11.9 Å². The normalized spacial score (nSPS) is 42.6. The molecule has 2 atom stereocenters. The molecule has 58 valence electrons. The van der Waals surface area contributed by atoms with E-state index in [1.54, 1.807) is 0 Å². The summed E-state index contributed by atoms with van der Waals surface area (Å²) in [6, 6.07) is 0. The maximum Gasteiger partial charge on any atom is 0.0172 e. The zero-order chi connectivity index (χ0) is 7.14. The maximum absolute atomic E-state index is 5.69. The van der Waals surface area contributed by atoms with Gasteiger partial charge < -0.3 is 4.90 Å². The number of nitrogens with two attached hydrogens (primary N) is 1. The van der Waals surface area contributed by atoms with Gasteiger partial charge in [-0.25, -0.2) is 5.01 Å². The van der Waals surface area contributed by atoms with E-state index in [1.807, 2.05) is 5.01 Å². The van der Waals surface area contributed by atoms with Crippen molar-refractivity contribution in [1.29, 1.82) is 0 Å². The first kappa shape index (κ1) is 6.58. The Morgan fingerprint density at radius 1 is 1.10 bits per heavy atom. The first-order chi connectivity index (χ1) is 4.75. The Labute approximate surface area is 61.7 Å². The Morgan fingerprint density at radius 2 is 1.60 bits per heavy atom. The van der Waals surface area contributed by atoms with Crippen LogP contribution in [0.4, 0.5) is 0 Å². The number of fused-ring (bicyclic) bond motifs is 1. The summed E-state index contributed by atoms with van der Waals surface area (Å²) in [7, 11) is 2.19. The van der Waals surface area contributed by atoms with Crippen LogP contribution in [0.1, 0.15) is 0 Å². The van der Waals surface area contributed by atoms with Gasteiger partial charge in [-0.3, -0.25) is 5.84 Å². The van der Waals surface area contributed by atoms with Crippen LogP contribution in [0.5, 0.6) is 0 Å². The summed E-state index contributed by atoms with van der Waals surface area (Å²) in [5.41, 5.74) is 0. The minimum atomic E-state index is 0.856. The first-order valence-corrected chi connectivity index (χ1v) is 3.94. The molecule has 2 N–H and O–H groups in total. The molecule has 2 unspecified atom stereocenters. The molecule has 2 aliphatic heterocycles. The van der Waals surface area contributed by atoms with Crippen LogP contribution in [0.2, 0.25) is 0 Å². The molecule has 0 bridgehead atoms. The molecule has 2 aliphatic rings. The number of hydrazine groups is 1. The van der Waals surface area contributed by atoms with Crippen molar-refractivity contribution in [3.63, 3.8) is 0 Å². The smallest absolute Gasteiger partial charge is 0.0172 e. The van der Waals surface area contributed by atoms with Gasteiger partial charge >= 0.3 is 0 Å². The summed E-state index contributed by atoms with van der Waals surface area (Å²) in [5, 5.41) is 1.96. The molecule has 3 nitrogen and oxygen atoms in total. The Kier molecular flexibility index (Phi) is 1.44. The fraction of sp³-hybridized carbons (Fsp3) is 1.00. The maximum atomic E-state index is 5.69. The third-order valence-electron chi connectivity index (χ3n) is 2.70. The van der Waals surface area contributed by atoms with Gasteiger partial charge in [-0.1, -0.05) is 0 Å². The second-order valence-electron chi connectivity index (χ2n) is 3.70. The van der Waals surface area contributed by atoms with Gasteiger partial charge in [0.15, 0.2) is 0 Å². The quantitative estimate of drug-likeness (QED) is 0.455. The second-order valence-corrected chi connectivity index (χ2v) is 3.70. The highest BCUT2D eigenvalue weighted by Crippen LogP contribution is 2.27. The van der Waals surface area contributed by atoms with Crippen molar-refractivity contribution in [3.8, 4) is 0 Å². The van der Waals surface area contributed by atoms with Crippen LogP contribution in [0, 0.1) is 11.8 Å². The van der Waals surface area contributed by atoms with Gasteiger partial charge in [0.25, 0.3) is 0 Å². The Morgan fingerprint density at radius 3 is 2.10 bits per heavy atom. The summed E-state index contributed by atoms with van der Waals surface area (Å²) in [6.45, 7) is 4.71. The number of likely N-dealkylation sites (tertiary alicyclic amines) is 1. The van der Waals surface area contributed by atoms with E-state index >= 15 is 0 Å². The second kappa shape index (κ2) is 2.19. The van der Waals surface area contributed by atoms with E-state index in [0.717, 1.165) is 24.9 Å². The molecule has 0 spiro atoms. The Balaban J connectivity index is 2.00. The molecule has 0 aromatic rings. The fourth-order valence-electron chi connectivity index (χ4n) is 2.26. The van der Waals surface area contributed by atoms with Gasteiger partial charge in [0.05, 0.1) is 0 Å². The zero-order valence-electron chi connectivity index (χ0n) is 6.45. The van der Waals surface area contributed by atoms with Crippen LogP contribution in [0.25, 0.3) is 0 Å². The third kappa shape index (κ3) is 0.944. The van der Waals surface area contributed by atoms with Crippen molar-refractivity contribution in [2.75, 3.05) is 33.2 Å². The van der Waals surface area contributed by atoms with Crippen molar-refractivity contribution in [2.24, 2.45) is 17.7 Å². The van der Waals surface area contributed by atoms with Gasteiger partial charge in [0.2, 0.25) is 0 Å². The average molecular weight is 141 g/mol. The average Bonchev–Trinajstić information content (AvgIpc) is 2.21. The zero-order valence-corrected chi connectivity index (χ0v) is 6.45. The fourth-order valence-corrected chi connectivity index (χ4v) is 2.26. The van der Waals surface area contributed by atoms with Crippen LogP contribution in [0.3, 0.4) is 0 Å². The van der Waals surface area contributed by atoms with E-state index in [1.165, 1.54) is 13.1 Å². The molecular weight excluding hydrogens is 126 g/mol. The number of hydrogen-bond acceptors (Lipinski definition) is 3. The van der Waals surface area contributed by atoms with Gasteiger partial charge in [-0.05, 0) is 18.9 Å². The van der Waals surface area contributed by atoms with E-state index in [0.29, 0.717) is 0 Å². The SMILES string of the molecule is CN1CC2CN(N)CC2C1. The van der Waals surface area contributed by atoms with Crippen LogP contribution in [-0.2, 0) is 0 Å². The molecule has 2 saturated heterocycles. The minimum absolute atomic E-state index is 0.856. The lowest BCUT2D eigenvalue weighted by Gasteiger charge is -2.12. The van der Waals surface area contributed by atoms with Crippen LogP contribution < -0.4 is 5.84 Å². The van der Waals surface area contributed by atoms with E-state index < -0.39 is 0 Å². The molecule has 0 aromatic heterocycles. The van der Waals surface area contributed by atoms with Crippen LogP contribution in [0.15, 0.2) is 0 Å². The Bertz CT molecular complexity index is 109. The largest absolute Gasteiger partial charge is 0.306 e. The summed E-state index contributed by atoms with van der Waals surface area (Å²) in [5.74, 6) is 7.40. The molecule has 0 aliphatic carbocycles. The molecule has 2 rings (SSSR count). The lowest BCUT2D eigenvalue weighted by molar-refractivity contribution is 0.285. The predicted molar refractivity (Wildman–Crippen MR) is 40.2 cm³/mol. The van der Waals surface area contributed by atoms with Crippen molar-refractivity contribution in [2.45, 2.75) is 0 Å². The summed E-state index contributed by atoms with van der Waals surface area (Å²) in [4.78, 5) is 2.41. The minimum Gasteiger partial charge on any atom is -0.306 e. The molecule has 3 heteroatoms. The van der Waals surface area contributed by atoms with Crippen molar-refractivity contribution >= 4 is 0 Å². The monoisotopic (exact) mass is 141 g/mol. The lowest BCUT2D eigenvalue weighted by atomic mass is 10.0. The molecule has 10 heavy (non-hydrogen) atoms. The number of rotatable bonds is 0. The van der Waals surface area contributed by atoms with E-state index in [-0.39, 0.29) is 0 Å². The van der Waals surface area contributed by atoms with Gasteiger partial charge in [-0.2, -0.15) is 0 Å². The predicted octanol–water partition coefficient (Wildman–Crippen LogP) is -0.646. The highest BCUT2D eigenvalue weighted by Gasteiger charge is 2.37. The van der Waals surface area contributed by atoms with Crippen molar-refractivity contribution in [1.82, 2.24) is 9.91 Å². The van der Waals surface area contributed by atoms with Gasteiger partial charge in [-0.15, -0.1) is 0 Å². The molecule has 0 radical (unpaired) electrons. The third-order valence-corrected chi connectivity index (χ3v) is 2.70. The summed E-state index contributed by atoms with van der Waals surface area (Å²) in [6.07, 6.45) is 0. The highest BCUT2D eigenvalue weighted by atomic mass is 15.4. The van der Waals surface area contributed by atoms with Crippen molar-refractivity contribution < 1.29 is 0 Å². The van der Waals surface area contributed by atoms with Crippen LogP contribution >= 0.6 is 0 Å². The summed E-state index contributed by atoms with van der Waals surface area (Å²) >= 11 is 0. The van der Waals surface area contributed by atoms with Crippen LogP contribution in [-0.4, -0.2) is 43.1 Å². The molecule has 0 aromatic carbocycles. The first-order valence-electron chi connectivity index (χ1n) is 3.94. The standard InChI is InChI=1S/C7H15N3/c1-9-2-6-4-10(8)5-7(6)3-9/h6-7H,2-5,8H2,1H3. The topological polar surface area (TPSA) is 32.5 Å². The molecule has 2 fully saturated rings. The highest BCUT2D eigenvalue weighted by molar-refractivity contribution is 4.89. The molecule has 0 amide bonds. The number of hydrogen-bond donors (Lipinski definition) is 1. The number of nitrogens with zero attached hydrogens (tertiary/aromatic N) is 2. The molecular formula is C7H15N3.